The minimum Gasteiger partial charge on any atom is -0.467 e. The summed E-state index contributed by atoms with van der Waals surface area (Å²) in [6, 6.07) is -0.255. The summed E-state index contributed by atoms with van der Waals surface area (Å²) >= 11 is 0. The minimum atomic E-state index is -0.257. The number of rotatable bonds is 1. The molecule has 0 spiro atoms. The molecule has 1 N–H and O–H groups in total. The van der Waals surface area contributed by atoms with Crippen LogP contribution in [0.3, 0.4) is 0 Å². The van der Waals surface area contributed by atoms with Crippen molar-refractivity contribution >= 4 is 12.2 Å². The lowest BCUT2D eigenvalue weighted by Crippen LogP contribution is -2.30. The van der Waals surface area contributed by atoms with Gasteiger partial charge in [-0.3, -0.25) is 5.43 Å². The number of hydrazone groups is 1. The smallest absolute Gasteiger partial charge is 0.330 e. The lowest BCUT2D eigenvalue weighted by Gasteiger charge is -2.04. The maximum absolute atomic E-state index is 10.6. The molecule has 4 heteroatoms. The number of carbonyl (C=O) groups is 1. The third-order valence-corrected chi connectivity index (χ3v) is 1.15. The van der Waals surface area contributed by atoms with Crippen molar-refractivity contribution in [2.24, 2.45) is 5.10 Å². The van der Waals surface area contributed by atoms with Crippen molar-refractivity contribution in [1.82, 2.24) is 5.43 Å². The van der Waals surface area contributed by atoms with Gasteiger partial charge in [-0.1, -0.05) is 0 Å². The van der Waals surface area contributed by atoms with Gasteiger partial charge in [0.05, 0.1) is 7.11 Å². The van der Waals surface area contributed by atoms with Crippen LogP contribution >= 0.6 is 0 Å². The largest absolute Gasteiger partial charge is 0.467 e. The first-order chi connectivity index (χ1) is 4.34. The highest BCUT2D eigenvalue weighted by Crippen LogP contribution is 1.97. The molecule has 50 valence electrons. The number of carbonyl (C=O) groups excluding carboxylic acids is 1. The number of nitrogens with one attached hydrogen (secondary N) is 1. The summed E-state index contributed by atoms with van der Waals surface area (Å²) in [7, 11) is 1.36. The second kappa shape index (κ2) is 2.48. The Morgan fingerprint density at radius 2 is 2.78 bits per heavy atom. The van der Waals surface area contributed by atoms with Gasteiger partial charge >= 0.3 is 5.97 Å². The van der Waals surface area contributed by atoms with E-state index < -0.39 is 0 Å². The van der Waals surface area contributed by atoms with Crippen LogP contribution in [-0.4, -0.2) is 25.3 Å². The van der Waals surface area contributed by atoms with Gasteiger partial charge in [-0.2, -0.15) is 5.10 Å². The summed E-state index contributed by atoms with van der Waals surface area (Å²) < 4.78 is 4.45. The van der Waals surface area contributed by atoms with E-state index in [1.807, 2.05) is 0 Å². The lowest BCUT2D eigenvalue weighted by atomic mass is 10.2. The van der Waals surface area contributed by atoms with Gasteiger partial charge in [0, 0.05) is 12.6 Å². The molecule has 0 aromatic rings. The maximum atomic E-state index is 10.6. The first-order valence-corrected chi connectivity index (χ1v) is 2.69. The molecular weight excluding hydrogens is 120 g/mol. The first-order valence-electron chi connectivity index (χ1n) is 2.69. The van der Waals surface area contributed by atoms with Crippen molar-refractivity contribution in [3.05, 3.63) is 0 Å². The van der Waals surface area contributed by atoms with Crippen LogP contribution in [0.1, 0.15) is 6.42 Å². The van der Waals surface area contributed by atoms with Gasteiger partial charge in [-0.25, -0.2) is 4.79 Å². The molecule has 9 heavy (non-hydrogen) atoms. The summed E-state index contributed by atoms with van der Waals surface area (Å²) in [6.45, 7) is 0. The molecule has 0 unspecified atom stereocenters. The third kappa shape index (κ3) is 1.19. The lowest BCUT2D eigenvalue weighted by molar-refractivity contribution is -0.142. The molecule has 0 saturated carbocycles. The second-order valence-electron chi connectivity index (χ2n) is 1.75. The Hall–Kier alpha value is -1.06. The van der Waals surface area contributed by atoms with Crippen LogP contribution in [0, 0.1) is 0 Å². The van der Waals surface area contributed by atoms with E-state index in [4.69, 9.17) is 0 Å². The van der Waals surface area contributed by atoms with Crippen molar-refractivity contribution in [1.29, 1.82) is 0 Å². The van der Waals surface area contributed by atoms with E-state index in [0.29, 0.717) is 6.42 Å². The van der Waals surface area contributed by atoms with Crippen molar-refractivity contribution in [3.8, 4) is 0 Å². The Kier molecular flexibility index (Phi) is 1.67. The van der Waals surface area contributed by atoms with Crippen molar-refractivity contribution in [2.75, 3.05) is 7.11 Å². The van der Waals surface area contributed by atoms with Crippen LogP contribution < -0.4 is 5.43 Å². The Bertz CT molecular complexity index is 136. The number of ether oxygens (including phenoxy) is 1. The molecule has 1 heterocycles. The third-order valence-electron chi connectivity index (χ3n) is 1.15. The molecule has 0 aromatic heterocycles. The van der Waals surface area contributed by atoms with Crippen molar-refractivity contribution in [2.45, 2.75) is 12.5 Å². The van der Waals surface area contributed by atoms with Crippen LogP contribution in [-0.2, 0) is 9.53 Å². The fourth-order valence-electron chi connectivity index (χ4n) is 0.645. The van der Waals surface area contributed by atoms with Crippen LogP contribution in [0.15, 0.2) is 5.10 Å². The Morgan fingerprint density at radius 1 is 2.00 bits per heavy atom. The predicted octanol–water partition coefficient (Wildman–Crippen LogP) is -0.493. The zero-order chi connectivity index (χ0) is 6.69. The van der Waals surface area contributed by atoms with Gasteiger partial charge in [-0.05, 0) is 0 Å². The molecule has 1 atom stereocenters. The monoisotopic (exact) mass is 128 g/mol. The topological polar surface area (TPSA) is 50.7 Å². The van der Waals surface area contributed by atoms with E-state index in [2.05, 4.69) is 15.3 Å². The van der Waals surface area contributed by atoms with Crippen LogP contribution in [0.5, 0.6) is 0 Å². The fraction of sp³-hybridized carbons (Fsp3) is 0.600. The van der Waals surface area contributed by atoms with Crippen LogP contribution in [0.2, 0.25) is 0 Å². The van der Waals surface area contributed by atoms with E-state index in [9.17, 15) is 4.79 Å². The maximum Gasteiger partial charge on any atom is 0.330 e. The quantitative estimate of drug-likeness (QED) is 0.485. The minimum absolute atomic E-state index is 0.255. The molecule has 0 amide bonds. The highest BCUT2D eigenvalue weighted by Gasteiger charge is 2.19. The fourth-order valence-corrected chi connectivity index (χ4v) is 0.645. The van der Waals surface area contributed by atoms with Gasteiger partial charge < -0.3 is 4.74 Å². The zero-order valence-corrected chi connectivity index (χ0v) is 5.13. The normalized spacial score (nSPS) is 23.4. The molecule has 1 aliphatic heterocycles. The number of esters is 1. The zero-order valence-electron chi connectivity index (χ0n) is 5.13. The van der Waals surface area contributed by atoms with Crippen LogP contribution in [0.4, 0.5) is 0 Å². The molecule has 1 rings (SSSR count). The average Bonchev–Trinajstić information content (AvgIpc) is 2.37. The van der Waals surface area contributed by atoms with E-state index in [1.165, 1.54) is 7.11 Å². The molecule has 0 bridgehead atoms. The predicted molar refractivity (Wildman–Crippen MR) is 32.0 cm³/mol. The van der Waals surface area contributed by atoms with E-state index >= 15 is 0 Å². The molecular formula is C5H8N2O2. The van der Waals surface area contributed by atoms with E-state index in [1.54, 1.807) is 6.21 Å². The van der Waals surface area contributed by atoms with E-state index in [-0.39, 0.29) is 12.0 Å². The number of methoxy groups -OCH3 is 1. The Morgan fingerprint density at radius 3 is 3.22 bits per heavy atom. The second-order valence-corrected chi connectivity index (χ2v) is 1.75. The highest BCUT2D eigenvalue weighted by molar-refractivity contribution is 5.81. The molecule has 0 aromatic carbocycles. The molecule has 0 radical (unpaired) electrons. The molecule has 0 saturated heterocycles. The highest BCUT2D eigenvalue weighted by atomic mass is 16.5. The average molecular weight is 128 g/mol. The van der Waals surface area contributed by atoms with Crippen molar-refractivity contribution in [3.63, 3.8) is 0 Å². The van der Waals surface area contributed by atoms with Gasteiger partial charge in [0.15, 0.2) is 0 Å². The number of nitrogens with zero attached hydrogens (tertiary/aromatic N) is 1. The molecule has 4 nitrogen and oxygen atoms in total. The van der Waals surface area contributed by atoms with Gasteiger partial charge in [-0.15, -0.1) is 0 Å². The Balaban J connectivity index is 2.36. The van der Waals surface area contributed by atoms with Gasteiger partial charge in [0.1, 0.15) is 6.04 Å². The molecule has 0 aliphatic carbocycles. The summed E-state index contributed by atoms with van der Waals surface area (Å²) in [6.07, 6.45) is 2.29. The summed E-state index contributed by atoms with van der Waals surface area (Å²) in [5.41, 5.74) is 2.60. The van der Waals surface area contributed by atoms with Crippen LogP contribution in [0.25, 0.3) is 0 Å². The summed E-state index contributed by atoms with van der Waals surface area (Å²) in [4.78, 5) is 10.6. The Labute approximate surface area is 52.9 Å². The molecule has 0 fully saturated rings. The summed E-state index contributed by atoms with van der Waals surface area (Å²) in [5.74, 6) is -0.257. The van der Waals surface area contributed by atoms with Gasteiger partial charge in [0.2, 0.25) is 0 Å². The SMILES string of the molecule is COC(=O)[C@@H]1CC=NN1. The standard InChI is InChI=1S/C5H8N2O2/c1-9-5(8)4-2-3-6-7-4/h3-4,7H,2H2,1H3/t4-/m0/s1. The number of hydrogen-bond donors (Lipinski definition) is 1. The van der Waals surface area contributed by atoms with Gasteiger partial charge in [0.25, 0.3) is 0 Å². The van der Waals surface area contributed by atoms with E-state index in [0.717, 1.165) is 0 Å². The summed E-state index contributed by atoms with van der Waals surface area (Å²) in [5, 5.41) is 3.66. The van der Waals surface area contributed by atoms with Crippen molar-refractivity contribution < 1.29 is 9.53 Å². The number of hydrogen-bond acceptors (Lipinski definition) is 4. The molecule has 1 aliphatic rings. The first kappa shape index (κ1) is 6.07.